The molecule has 0 spiro atoms. The Morgan fingerprint density at radius 2 is 1.69 bits per heavy atom. The van der Waals surface area contributed by atoms with Crippen molar-refractivity contribution in [1.82, 2.24) is 15.5 Å². The number of aryl methyl sites for hydroxylation is 1. The SMILES string of the molecule is COc1ccc(CCC(=O)N2C[C@@H]3NC(=O)c4cc(ccc4F)-c4cccc(c4)OCC(=O)NCc4ccc(cc4)O[C@H]3C2)cc1OC. The Bertz CT molecular complexity index is 1810. The zero-order valence-corrected chi connectivity index (χ0v) is 26.7. The Morgan fingerprint density at radius 3 is 2.48 bits per heavy atom. The van der Waals surface area contributed by atoms with E-state index in [0.29, 0.717) is 47.1 Å². The third-order valence-corrected chi connectivity index (χ3v) is 8.46. The highest BCUT2D eigenvalue weighted by Gasteiger charge is 2.38. The van der Waals surface area contributed by atoms with Crippen LogP contribution in [0, 0.1) is 5.82 Å². The Morgan fingerprint density at radius 1 is 0.896 bits per heavy atom. The number of ether oxygens (including phenoxy) is 4. The fourth-order valence-electron chi connectivity index (χ4n) is 5.83. The number of amides is 3. The summed E-state index contributed by atoms with van der Waals surface area (Å²) in [4.78, 5) is 41.2. The summed E-state index contributed by atoms with van der Waals surface area (Å²) in [5, 5.41) is 5.78. The lowest BCUT2D eigenvalue weighted by Gasteiger charge is -2.21. The molecule has 4 aromatic carbocycles. The van der Waals surface area contributed by atoms with Gasteiger partial charge in [-0.2, -0.15) is 0 Å². The zero-order chi connectivity index (χ0) is 33.6. The topological polar surface area (TPSA) is 115 Å². The Balaban J connectivity index is 1.25. The second-order valence-corrected chi connectivity index (χ2v) is 11.7. The van der Waals surface area contributed by atoms with Gasteiger partial charge in [-0.25, -0.2) is 4.39 Å². The number of methoxy groups -OCH3 is 2. The molecular formula is C37H36FN3O7. The van der Waals surface area contributed by atoms with Crippen LogP contribution in [0.25, 0.3) is 11.1 Å². The number of carbonyl (C=O) groups is 3. The van der Waals surface area contributed by atoms with Gasteiger partial charge in [0.1, 0.15) is 23.4 Å². The molecule has 3 aliphatic heterocycles. The minimum Gasteiger partial charge on any atom is -0.493 e. The fourth-order valence-corrected chi connectivity index (χ4v) is 5.83. The number of hydrogen-bond donors (Lipinski definition) is 2. The van der Waals surface area contributed by atoms with Crippen LogP contribution in [-0.4, -0.2) is 68.7 Å². The summed E-state index contributed by atoms with van der Waals surface area (Å²) in [7, 11) is 3.12. The molecule has 3 amide bonds. The maximum absolute atomic E-state index is 15.1. The number of rotatable bonds is 5. The first-order valence-corrected chi connectivity index (χ1v) is 15.6. The Kier molecular flexibility index (Phi) is 9.75. The maximum Gasteiger partial charge on any atom is 0.258 e. The van der Waals surface area contributed by atoms with E-state index in [0.717, 1.165) is 11.1 Å². The Labute approximate surface area is 277 Å². The first-order chi connectivity index (χ1) is 23.3. The summed E-state index contributed by atoms with van der Waals surface area (Å²) in [5.41, 5.74) is 2.90. The summed E-state index contributed by atoms with van der Waals surface area (Å²) in [5.74, 6) is 0.460. The van der Waals surface area contributed by atoms with E-state index in [9.17, 15) is 14.4 Å². The maximum atomic E-state index is 15.1. The van der Waals surface area contributed by atoms with Crippen LogP contribution >= 0.6 is 0 Å². The van der Waals surface area contributed by atoms with E-state index in [2.05, 4.69) is 10.6 Å². The van der Waals surface area contributed by atoms with E-state index in [-0.39, 0.29) is 43.5 Å². The van der Waals surface area contributed by atoms with Crippen LogP contribution in [-0.2, 0) is 22.6 Å². The van der Waals surface area contributed by atoms with Gasteiger partial charge in [0.05, 0.1) is 32.4 Å². The lowest BCUT2D eigenvalue weighted by atomic mass is 10.0. The normalized spacial score (nSPS) is 17.7. The van der Waals surface area contributed by atoms with Crippen molar-refractivity contribution in [3.8, 4) is 34.1 Å². The monoisotopic (exact) mass is 653 g/mol. The number of benzene rings is 4. The van der Waals surface area contributed by atoms with Crippen molar-refractivity contribution in [2.24, 2.45) is 0 Å². The van der Waals surface area contributed by atoms with Crippen molar-refractivity contribution in [3.05, 3.63) is 107 Å². The fraction of sp³-hybridized carbons (Fsp3) is 0.270. The van der Waals surface area contributed by atoms with E-state index in [1.54, 1.807) is 61.6 Å². The van der Waals surface area contributed by atoms with Gasteiger partial charge in [-0.15, -0.1) is 0 Å². The van der Waals surface area contributed by atoms with E-state index in [4.69, 9.17) is 18.9 Å². The predicted octanol–water partition coefficient (Wildman–Crippen LogP) is 4.54. The molecule has 48 heavy (non-hydrogen) atoms. The van der Waals surface area contributed by atoms with Crippen molar-refractivity contribution < 1.29 is 37.7 Å². The molecule has 2 atom stereocenters. The molecule has 4 aromatic rings. The minimum absolute atomic E-state index is 0.109. The third-order valence-electron chi connectivity index (χ3n) is 8.46. The van der Waals surface area contributed by atoms with E-state index < -0.39 is 23.9 Å². The van der Waals surface area contributed by atoms with Gasteiger partial charge >= 0.3 is 0 Å². The average Bonchev–Trinajstić information content (AvgIpc) is 3.50. The average molecular weight is 654 g/mol. The first kappa shape index (κ1) is 32.4. The molecular weight excluding hydrogens is 617 g/mol. The van der Waals surface area contributed by atoms with Crippen LogP contribution in [0.5, 0.6) is 23.0 Å². The van der Waals surface area contributed by atoms with Crippen molar-refractivity contribution in [2.45, 2.75) is 31.5 Å². The number of halogens is 1. The summed E-state index contributed by atoms with van der Waals surface area (Å²) in [6.07, 6.45) is 0.0960. The molecule has 7 rings (SSSR count). The van der Waals surface area contributed by atoms with Gasteiger partial charge in [-0.3, -0.25) is 14.4 Å². The number of hydrogen-bond acceptors (Lipinski definition) is 7. The second-order valence-electron chi connectivity index (χ2n) is 11.7. The number of likely N-dealkylation sites (tertiary alicyclic amines) is 1. The highest BCUT2D eigenvalue weighted by atomic mass is 19.1. The molecule has 0 aliphatic carbocycles. The molecule has 0 radical (unpaired) electrons. The van der Waals surface area contributed by atoms with Gasteiger partial charge in [0.15, 0.2) is 18.1 Å². The minimum atomic E-state index is -0.684. The van der Waals surface area contributed by atoms with Crippen molar-refractivity contribution in [3.63, 3.8) is 0 Å². The molecule has 10 nitrogen and oxygen atoms in total. The largest absolute Gasteiger partial charge is 0.493 e. The standard InChI is InChI=1S/C37H36FN3O7/c1-45-32-14-8-23(16-33(32)46-2)9-15-36(43)41-20-31-34(21-41)48-27-11-6-24(7-12-27)19-39-35(42)22-47-28-5-3-4-25(17-28)26-10-13-30(38)29(18-26)37(44)40-31/h3-8,10-14,16-18,31,34H,9,15,19-22H2,1-2H3,(H,39,42)(H,40,44)/t31-,34-/m0/s1. The molecule has 3 aliphatic rings. The molecule has 2 N–H and O–H groups in total. The van der Waals surface area contributed by atoms with E-state index >= 15 is 4.39 Å². The number of nitrogens with zero attached hydrogens (tertiary/aromatic N) is 1. The molecule has 1 fully saturated rings. The Hall–Kier alpha value is -5.58. The summed E-state index contributed by atoms with van der Waals surface area (Å²) in [6, 6.07) is 23.4. The van der Waals surface area contributed by atoms with Crippen molar-refractivity contribution >= 4 is 17.7 Å². The second kappa shape index (κ2) is 14.5. The van der Waals surface area contributed by atoms with Crippen LogP contribution < -0.4 is 29.6 Å². The van der Waals surface area contributed by atoms with Gasteiger partial charge < -0.3 is 34.5 Å². The van der Waals surface area contributed by atoms with Crippen molar-refractivity contribution in [2.75, 3.05) is 33.9 Å². The van der Waals surface area contributed by atoms with Crippen LogP contribution in [0.15, 0.2) is 84.9 Å². The first-order valence-electron chi connectivity index (χ1n) is 15.6. The van der Waals surface area contributed by atoms with Crippen LogP contribution in [0.2, 0.25) is 0 Å². The molecule has 11 heteroatoms. The number of carbonyl (C=O) groups excluding carboxylic acids is 3. The molecule has 0 saturated carbocycles. The van der Waals surface area contributed by atoms with Gasteiger partial charge in [-0.05, 0) is 77.2 Å². The lowest BCUT2D eigenvalue weighted by Crippen LogP contribution is -2.45. The van der Waals surface area contributed by atoms with Gasteiger partial charge in [0.25, 0.3) is 11.8 Å². The zero-order valence-electron chi connectivity index (χ0n) is 26.7. The molecule has 6 bridgehead atoms. The van der Waals surface area contributed by atoms with Crippen LogP contribution in [0.3, 0.4) is 0 Å². The van der Waals surface area contributed by atoms with E-state index in [1.807, 2.05) is 30.3 Å². The summed E-state index contributed by atoms with van der Waals surface area (Å²) >= 11 is 0. The third kappa shape index (κ3) is 7.52. The lowest BCUT2D eigenvalue weighted by molar-refractivity contribution is -0.130. The molecule has 248 valence electrons. The van der Waals surface area contributed by atoms with Gasteiger partial charge in [0.2, 0.25) is 5.91 Å². The highest BCUT2D eigenvalue weighted by molar-refractivity contribution is 5.96. The number of fused-ring (bicyclic) bond motifs is 7. The summed E-state index contributed by atoms with van der Waals surface area (Å²) < 4.78 is 37.8. The van der Waals surface area contributed by atoms with Gasteiger partial charge in [-0.1, -0.05) is 36.4 Å². The smallest absolute Gasteiger partial charge is 0.258 e. The quantitative estimate of drug-likeness (QED) is 0.325. The molecule has 0 aromatic heterocycles. The highest BCUT2D eigenvalue weighted by Crippen LogP contribution is 2.29. The van der Waals surface area contributed by atoms with E-state index in [1.165, 1.54) is 12.1 Å². The van der Waals surface area contributed by atoms with Crippen LogP contribution in [0.4, 0.5) is 4.39 Å². The van der Waals surface area contributed by atoms with Crippen molar-refractivity contribution in [1.29, 1.82) is 0 Å². The molecule has 0 unspecified atom stereocenters. The molecule has 1 saturated heterocycles. The number of nitrogens with one attached hydrogen (secondary N) is 2. The summed E-state index contributed by atoms with van der Waals surface area (Å²) in [6.45, 7) is 0.522. The molecule has 3 heterocycles. The van der Waals surface area contributed by atoms with Gasteiger partial charge in [0, 0.05) is 19.5 Å². The van der Waals surface area contributed by atoms with Crippen LogP contribution in [0.1, 0.15) is 27.9 Å². The predicted molar refractivity (Wildman–Crippen MR) is 176 cm³/mol.